The van der Waals surface area contributed by atoms with Gasteiger partial charge in [-0.15, -0.1) is 0 Å². The van der Waals surface area contributed by atoms with E-state index in [1.807, 2.05) is 12.1 Å². The zero-order valence-electron chi connectivity index (χ0n) is 11.6. The third kappa shape index (κ3) is 3.85. The summed E-state index contributed by atoms with van der Waals surface area (Å²) in [5.74, 6) is 1.89. The number of hydrogen-bond acceptors (Lipinski definition) is 4. The minimum Gasteiger partial charge on any atom is -0.493 e. The molecule has 1 heterocycles. The molecule has 0 bridgehead atoms. The molecule has 0 saturated heterocycles. The van der Waals surface area contributed by atoms with E-state index < -0.39 is 0 Å². The SMILES string of the molecule is COCCCCOc1cc(CN)cc2c1CCCO2. The fraction of sp³-hybridized carbons (Fsp3) is 0.600. The summed E-state index contributed by atoms with van der Waals surface area (Å²) >= 11 is 0. The first-order valence-electron chi connectivity index (χ1n) is 6.95. The Morgan fingerprint density at radius 3 is 2.89 bits per heavy atom. The van der Waals surface area contributed by atoms with E-state index in [0.29, 0.717) is 13.2 Å². The van der Waals surface area contributed by atoms with E-state index in [-0.39, 0.29) is 0 Å². The molecule has 0 aliphatic carbocycles. The van der Waals surface area contributed by atoms with E-state index in [4.69, 9.17) is 19.9 Å². The fourth-order valence-electron chi connectivity index (χ4n) is 2.26. The predicted molar refractivity (Wildman–Crippen MR) is 74.8 cm³/mol. The van der Waals surface area contributed by atoms with Gasteiger partial charge in [0, 0.05) is 25.8 Å². The van der Waals surface area contributed by atoms with Gasteiger partial charge in [-0.1, -0.05) is 0 Å². The number of benzene rings is 1. The number of nitrogens with two attached hydrogens (primary N) is 1. The number of unbranched alkanes of at least 4 members (excludes halogenated alkanes) is 1. The fourth-order valence-corrected chi connectivity index (χ4v) is 2.26. The molecule has 19 heavy (non-hydrogen) atoms. The average Bonchev–Trinajstić information content (AvgIpc) is 2.46. The summed E-state index contributed by atoms with van der Waals surface area (Å²) in [7, 11) is 1.72. The molecular weight excluding hydrogens is 242 g/mol. The van der Waals surface area contributed by atoms with Crippen LogP contribution in [0.25, 0.3) is 0 Å². The molecule has 0 spiro atoms. The zero-order chi connectivity index (χ0) is 13.5. The van der Waals surface area contributed by atoms with Crippen molar-refractivity contribution in [2.24, 2.45) is 5.73 Å². The van der Waals surface area contributed by atoms with Gasteiger partial charge >= 0.3 is 0 Å². The number of methoxy groups -OCH3 is 1. The Hall–Kier alpha value is -1.26. The van der Waals surface area contributed by atoms with Crippen molar-refractivity contribution in [3.05, 3.63) is 23.3 Å². The summed E-state index contributed by atoms with van der Waals surface area (Å²) < 4.78 is 16.6. The zero-order valence-corrected chi connectivity index (χ0v) is 11.6. The van der Waals surface area contributed by atoms with Gasteiger partial charge in [0.05, 0.1) is 13.2 Å². The lowest BCUT2D eigenvalue weighted by Crippen LogP contribution is -2.12. The largest absolute Gasteiger partial charge is 0.493 e. The average molecular weight is 265 g/mol. The van der Waals surface area contributed by atoms with Crippen molar-refractivity contribution in [1.82, 2.24) is 0 Å². The summed E-state index contributed by atoms with van der Waals surface area (Å²) in [6.07, 6.45) is 4.09. The van der Waals surface area contributed by atoms with E-state index in [1.54, 1.807) is 7.11 Å². The van der Waals surface area contributed by atoms with Crippen LogP contribution in [0, 0.1) is 0 Å². The Morgan fingerprint density at radius 1 is 1.26 bits per heavy atom. The molecule has 0 radical (unpaired) electrons. The van der Waals surface area contributed by atoms with Gasteiger partial charge in [0.1, 0.15) is 11.5 Å². The van der Waals surface area contributed by atoms with E-state index >= 15 is 0 Å². The standard InChI is InChI=1S/C15H23NO3/c1-17-6-2-3-7-18-14-9-12(11-16)10-15-13(14)5-4-8-19-15/h9-10H,2-8,11,16H2,1H3. The van der Waals surface area contributed by atoms with Gasteiger partial charge in [0.25, 0.3) is 0 Å². The quantitative estimate of drug-likeness (QED) is 0.768. The van der Waals surface area contributed by atoms with Crippen LogP contribution in [0.2, 0.25) is 0 Å². The molecule has 2 rings (SSSR count). The molecule has 4 nitrogen and oxygen atoms in total. The van der Waals surface area contributed by atoms with Gasteiger partial charge in [-0.2, -0.15) is 0 Å². The number of ether oxygens (including phenoxy) is 3. The molecule has 4 heteroatoms. The molecule has 0 unspecified atom stereocenters. The Labute approximate surface area is 114 Å². The highest BCUT2D eigenvalue weighted by Crippen LogP contribution is 2.34. The van der Waals surface area contributed by atoms with E-state index in [0.717, 1.165) is 56.0 Å². The van der Waals surface area contributed by atoms with Crippen molar-refractivity contribution < 1.29 is 14.2 Å². The number of fused-ring (bicyclic) bond motifs is 1. The summed E-state index contributed by atoms with van der Waals surface area (Å²) in [6, 6.07) is 4.08. The highest BCUT2D eigenvalue weighted by molar-refractivity contribution is 5.49. The Kier molecular flexibility index (Phi) is 5.48. The summed E-state index contributed by atoms with van der Waals surface area (Å²) in [6.45, 7) is 2.79. The lowest BCUT2D eigenvalue weighted by Gasteiger charge is -2.21. The lowest BCUT2D eigenvalue weighted by molar-refractivity contribution is 0.183. The van der Waals surface area contributed by atoms with Crippen LogP contribution in [0.3, 0.4) is 0 Å². The molecule has 1 aromatic rings. The smallest absolute Gasteiger partial charge is 0.126 e. The van der Waals surface area contributed by atoms with Gasteiger partial charge in [-0.3, -0.25) is 0 Å². The van der Waals surface area contributed by atoms with Crippen molar-refractivity contribution in [1.29, 1.82) is 0 Å². The molecule has 106 valence electrons. The molecule has 0 saturated carbocycles. The highest BCUT2D eigenvalue weighted by atomic mass is 16.5. The van der Waals surface area contributed by atoms with Gasteiger partial charge in [-0.25, -0.2) is 0 Å². The molecule has 2 N–H and O–H groups in total. The van der Waals surface area contributed by atoms with Gasteiger partial charge in [-0.05, 0) is 43.4 Å². The van der Waals surface area contributed by atoms with Crippen molar-refractivity contribution in [2.45, 2.75) is 32.2 Å². The van der Waals surface area contributed by atoms with Gasteiger partial charge in [0.15, 0.2) is 0 Å². The normalized spacial score (nSPS) is 13.8. The van der Waals surface area contributed by atoms with Gasteiger partial charge < -0.3 is 19.9 Å². The number of rotatable bonds is 7. The first-order chi connectivity index (χ1) is 9.35. The molecule has 1 aliphatic heterocycles. The summed E-state index contributed by atoms with van der Waals surface area (Å²) in [5.41, 5.74) is 7.97. The number of hydrogen-bond donors (Lipinski definition) is 1. The lowest BCUT2D eigenvalue weighted by atomic mass is 10.0. The highest BCUT2D eigenvalue weighted by Gasteiger charge is 2.16. The van der Waals surface area contributed by atoms with Crippen LogP contribution in [0.5, 0.6) is 11.5 Å². The van der Waals surface area contributed by atoms with Gasteiger partial charge in [0.2, 0.25) is 0 Å². The minimum absolute atomic E-state index is 0.511. The second-order valence-corrected chi connectivity index (χ2v) is 4.78. The first-order valence-corrected chi connectivity index (χ1v) is 6.95. The molecule has 0 fully saturated rings. The monoisotopic (exact) mass is 265 g/mol. The molecule has 1 aliphatic rings. The maximum atomic E-state index is 5.90. The molecule has 1 aromatic carbocycles. The third-order valence-electron chi connectivity index (χ3n) is 3.29. The summed E-state index contributed by atoms with van der Waals surface area (Å²) in [5, 5.41) is 0. The first kappa shape index (κ1) is 14.2. The molecule has 0 amide bonds. The van der Waals surface area contributed by atoms with Crippen LogP contribution in [-0.2, 0) is 17.7 Å². The van der Waals surface area contributed by atoms with Crippen molar-refractivity contribution in [3.8, 4) is 11.5 Å². The third-order valence-corrected chi connectivity index (χ3v) is 3.29. The Bertz CT molecular complexity index is 407. The van der Waals surface area contributed by atoms with Crippen LogP contribution in [0.1, 0.15) is 30.4 Å². The van der Waals surface area contributed by atoms with Crippen LogP contribution in [0.4, 0.5) is 0 Å². The van der Waals surface area contributed by atoms with Crippen LogP contribution < -0.4 is 15.2 Å². The van der Waals surface area contributed by atoms with E-state index in [9.17, 15) is 0 Å². The van der Waals surface area contributed by atoms with Crippen molar-refractivity contribution in [2.75, 3.05) is 26.9 Å². The van der Waals surface area contributed by atoms with Crippen molar-refractivity contribution in [3.63, 3.8) is 0 Å². The molecular formula is C15H23NO3. The summed E-state index contributed by atoms with van der Waals surface area (Å²) in [4.78, 5) is 0. The van der Waals surface area contributed by atoms with Crippen LogP contribution in [0.15, 0.2) is 12.1 Å². The maximum absolute atomic E-state index is 5.90. The van der Waals surface area contributed by atoms with E-state index in [2.05, 4.69) is 0 Å². The minimum atomic E-state index is 0.511. The molecule has 0 aromatic heterocycles. The van der Waals surface area contributed by atoms with E-state index in [1.165, 1.54) is 5.56 Å². The Balaban J connectivity index is 2.01. The molecule has 0 atom stereocenters. The predicted octanol–water partition coefficient (Wildman–Crippen LogP) is 2.28. The van der Waals surface area contributed by atoms with Crippen LogP contribution >= 0.6 is 0 Å². The second-order valence-electron chi connectivity index (χ2n) is 4.78. The topological polar surface area (TPSA) is 53.7 Å². The van der Waals surface area contributed by atoms with Crippen molar-refractivity contribution >= 4 is 0 Å². The maximum Gasteiger partial charge on any atom is 0.126 e. The van der Waals surface area contributed by atoms with Crippen LogP contribution in [-0.4, -0.2) is 26.9 Å². The Morgan fingerprint density at radius 2 is 2.11 bits per heavy atom. The second kappa shape index (κ2) is 7.36.